The normalized spacial score (nSPS) is 14.4. The predicted octanol–water partition coefficient (Wildman–Crippen LogP) is 3.86. The second kappa shape index (κ2) is 3.02. The van der Waals surface area contributed by atoms with Crippen LogP contribution in [-0.4, -0.2) is 6.18 Å². The fourth-order valence-corrected chi connectivity index (χ4v) is 1.21. The number of alkyl halides is 5. The fourth-order valence-electron chi connectivity index (χ4n) is 1.21. The summed E-state index contributed by atoms with van der Waals surface area (Å²) in [6, 6.07) is 0. The van der Waals surface area contributed by atoms with Gasteiger partial charge in [-0.05, 0) is 0 Å². The number of rotatable bonds is 1. The number of fused-ring (bicyclic) bond motifs is 1. The van der Waals surface area contributed by atoms with Gasteiger partial charge >= 0.3 is 12.1 Å². The van der Waals surface area contributed by atoms with Crippen LogP contribution in [0.5, 0.6) is 11.5 Å². The lowest BCUT2D eigenvalue weighted by Gasteiger charge is -2.19. The van der Waals surface area contributed by atoms with Crippen LogP contribution in [0, 0.1) is 17.5 Å². The molecule has 1 aliphatic heterocycles. The Hall–Kier alpha value is -1.54. The Kier molecular flexibility index (Phi) is 2.12. The topological polar surface area (TPSA) is 12.5 Å². The van der Waals surface area contributed by atoms with E-state index in [1.54, 1.807) is 0 Å². The Balaban J connectivity index is 2.68. The van der Waals surface area contributed by atoms with E-state index in [-0.39, 0.29) is 0 Å². The molecule has 9 heteroatoms. The summed E-state index contributed by atoms with van der Waals surface area (Å²) in [6.45, 7) is 0. The highest BCUT2D eigenvalue weighted by molar-refractivity contribution is 5.62. The minimum Gasteiger partial charge on any atom is -0.445 e. The summed E-state index contributed by atoms with van der Waals surface area (Å²) < 4.78 is 104. The van der Waals surface area contributed by atoms with Gasteiger partial charge in [0.25, 0.3) is 0 Å². The highest BCUT2D eigenvalue weighted by Crippen LogP contribution is 2.59. The molecule has 0 N–H and O–H groups in total. The molecule has 1 heterocycles. The smallest absolute Gasteiger partial charge is 0.445 e. The van der Waals surface area contributed by atoms with Gasteiger partial charge in [0, 0.05) is 0 Å². The summed E-state index contributed by atoms with van der Waals surface area (Å²) in [5.74, 6) is -15.1. The average Bonchev–Trinajstić information content (AvgIpc) is 2.92. The van der Waals surface area contributed by atoms with Gasteiger partial charge in [-0.15, -0.1) is 0 Å². The van der Waals surface area contributed by atoms with Gasteiger partial charge in [-0.2, -0.15) is 26.3 Å². The van der Waals surface area contributed by atoms with E-state index in [9.17, 15) is 35.1 Å². The number of benzene rings is 1. The van der Waals surface area contributed by atoms with Gasteiger partial charge in [-0.3, -0.25) is 0 Å². The second-order valence-corrected chi connectivity index (χ2v) is 3.15. The van der Waals surface area contributed by atoms with E-state index < -0.39 is 46.6 Å². The Morgan fingerprint density at radius 1 is 0.706 bits per heavy atom. The first-order chi connectivity index (χ1) is 7.59. The molecule has 0 spiro atoms. The molecular formula is C8F8O. The summed E-state index contributed by atoms with van der Waals surface area (Å²) >= 11 is 0. The van der Waals surface area contributed by atoms with Crippen LogP contribution in [0.1, 0.15) is 5.56 Å². The first-order valence-corrected chi connectivity index (χ1v) is 3.92. The van der Waals surface area contributed by atoms with Gasteiger partial charge in [0.15, 0.2) is 17.4 Å². The molecule has 1 aromatic carbocycles. The number of ether oxygens (including phenoxy) is 1. The van der Waals surface area contributed by atoms with Crippen molar-refractivity contribution in [2.24, 2.45) is 0 Å². The standard InChI is InChI=1S/C8F8O/c9-2-1(7(12,13)8(14,15)16)5-6(17-5)4(11)3(2)10. The molecular weight excluding hydrogens is 264 g/mol. The van der Waals surface area contributed by atoms with Crippen molar-refractivity contribution in [3.05, 3.63) is 23.0 Å². The maximum Gasteiger partial charge on any atom is 0.458 e. The molecule has 0 fully saturated rings. The van der Waals surface area contributed by atoms with Crippen molar-refractivity contribution in [1.29, 1.82) is 0 Å². The van der Waals surface area contributed by atoms with Crippen LogP contribution < -0.4 is 4.74 Å². The molecule has 17 heavy (non-hydrogen) atoms. The Morgan fingerprint density at radius 3 is 1.71 bits per heavy atom. The highest BCUT2D eigenvalue weighted by Gasteiger charge is 2.64. The van der Waals surface area contributed by atoms with E-state index in [1.165, 1.54) is 0 Å². The second-order valence-electron chi connectivity index (χ2n) is 3.15. The maximum atomic E-state index is 12.9. The zero-order chi connectivity index (χ0) is 13.2. The fraction of sp³-hybridized carbons (Fsp3) is 0.250. The summed E-state index contributed by atoms with van der Waals surface area (Å²) in [4.78, 5) is 0. The molecule has 1 aromatic rings. The molecule has 0 aliphatic carbocycles. The van der Waals surface area contributed by atoms with Crippen molar-refractivity contribution < 1.29 is 39.9 Å². The lowest BCUT2D eigenvalue weighted by molar-refractivity contribution is -0.290. The van der Waals surface area contributed by atoms with Crippen molar-refractivity contribution in [2.45, 2.75) is 12.1 Å². The van der Waals surface area contributed by atoms with Gasteiger partial charge < -0.3 is 4.74 Å². The van der Waals surface area contributed by atoms with E-state index in [4.69, 9.17) is 0 Å². The third-order valence-electron chi connectivity index (χ3n) is 2.07. The summed E-state index contributed by atoms with van der Waals surface area (Å²) in [5.41, 5.74) is -2.33. The van der Waals surface area contributed by atoms with Crippen LogP contribution in [0.2, 0.25) is 0 Å². The predicted molar refractivity (Wildman–Crippen MR) is 36.3 cm³/mol. The van der Waals surface area contributed by atoms with E-state index in [1.807, 2.05) is 0 Å². The van der Waals surface area contributed by atoms with Crippen LogP contribution in [0.3, 0.4) is 0 Å². The molecule has 1 aliphatic rings. The SMILES string of the molecule is Fc1c(F)c2c(c(C(F)(F)C(F)(F)F)c1F)O2. The van der Waals surface area contributed by atoms with Crippen LogP contribution in [0.15, 0.2) is 0 Å². The molecule has 0 amide bonds. The summed E-state index contributed by atoms with van der Waals surface area (Å²) in [7, 11) is 0. The van der Waals surface area contributed by atoms with Crippen molar-refractivity contribution >= 4 is 0 Å². The van der Waals surface area contributed by atoms with Crippen molar-refractivity contribution in [1.82, 2.24) is 0 Å². The lowest BCUT2D eigenvalue weighted by Crippen LogP contribution is -2.34. The number of hydrogen-bond donors (Lipinski definition) is 0. The van der Waals surface area contributed by atoms with Gasteiger partial charge in [0.1, 0.15) is 5.56 Å². The first-order valence-electron chi connectivity index (χ1n) is 3.92. The first kappa shape index (κ1) is 11.9. The average molecular weight is 264 g/mol. The third-order valence-corrected chi connectivity index (χ3v) is 2.07. The van der Waals surface area contributed by atoms with Crippen molar-refractivity contribution in [3.8, 4) is 11.5 Å². The molecule has 0 unspecified atom stereocenters. The molecule has 0 radical (unpaired) electrons. The molecule has 1 nitrogen and oxygen atoms in total. The molecule has 0 atom stereocenters. The van der Waals surface area contributed by atoms with Crippen molar-refractivity contribution in [2.75, 3.05) is 0 Å². The van der Waals surface area contributed by atoms with Crippen LogP contribution in [0.4, 0.5) is 35.1 Å². The van der Waals surface area contributed by atoms with Crippen molar-refractivity contribution in [3.63, 3.8) is 0 Å². The third kappa shape index (κ3) is 1.44. The van der Waals surface area contributed by atoms with E-state index in [0.717, 1.165) is 0 Å². The lowest BCUT2D eigenvalue weighted by atomic mass is 10.1. The molecule has 0 saturated heterocycles. The van der Waals surface area contributed by atoms with E-state index in [0.29, 0.717) is 0 Å². The number of hydrogen-bond acceptors (Lipinski definition) is 1. The van der Waals surface area contributed by atoms with Crippen LogP contribution in [-0.2, 0) is 5.92 Å². The molecule has 0 aromatic heterocycles. The van der Waals surface area contributed by atoms with Gasteiger partial charge in [0.2, 0.25) is 11.6 Å². The quantitative estimate of drug-likeness (QED) is 0.433. The zero-order valence-corrected chi connectivity index (χ0v) is 7.43. The zero-order valence-electron chi connectivity index (χ0n) is 7.43. The van der Waals surface area contributed by atoms with Gasteiger partial charge in [0.05, 0.1) is 0 Å². The molecule has 2 rings (SSSR count). The largest absolute Gasteiger partial charge is 0.458 e. The molecule has 94 valence electrons. The highest BCUT2D eigenvalue weighted by atomic mass is 19.4. The Bertz CT molecular complexity index is 503. The monoisotopic (exact) mass is 264 g/mol. The summed E-state index contributed by atoms with van der Waals surface area (Å²) in [5, 5.41) is 0. The maximum absolute atomic E-state index is 12.9. The van der Waals surface area contributed by atoms with Crippen LogP contribution >= 0.6 is 0 Å². The van der Waals surface area contributed by atoms with Gasteiger partial charge in [-0.25, -0.2) is 8.78 Å². The van der Waals surface area contributed by atoms with Gasteiger partial charge in [-0.1, -0.05) is 0 Å². The number of halogens is 8. The van der Waals surface area contributed by atoms with Crippen LogP contribution in [0.25, 0.3) is 0 Å². The minimum atomic E-state index is -6.14. The van der Waals surface area contributed by atoms with E-state index in [2.05, 4.69) is 4.74 Å². The minimum absolute atomic E-state index is 1.14. The Labute approximate surface area is 87.6 Å². The Morgan fingerprint density at radius 2 is 1.24 bits per heavy atom. The molecule has 0 saturated carbocycles. The molecule has 0 bridgehead atoms. The summed E-state index contributed by atoms with van der Waals surface area (Å²) in [6.07, 6.45) is -6.14. The van der Waals surface area contributed by atoms with E-state index >= 15 is 0 Å².